The van der Waals surface area contributed by atoms with Gasteiger partial charge in [0.05, 0.1) is 19.2 Å². The van der Waals surface area contributed by atoms with Crippen LogP contribution in [0.5, 0.6) is 0 Å². The maximum atomic E-state index is 14.5. The Balaban J connectivity index is 1.47. The zero-order valence-corrected chi connectivity index (χ0v) is 33.2. The fourth-order valence-electron chi connectivity index (χ4n) is 8.19. The van der Waals surface area contributed by atoms with Crippen LogP contribution < -0.4 is 21.3 Å². The molecule has 1 aliphatic heterocycles. The molecule has 0 spiro atoms. The van der Waals surface area contributed by atoms with Crippen LogP contribution in [0.25, 0.3) is 0 Å². The highest BCUT2D eigenvalue weighted by Crippen LogP contribution is 2.65. The number of hydrogen-bond donors (Lipinski definition) is 4. The van der Waals surface area contributed by atoms with E-state index in [0.717, 1.165) is 32.1 Å². The monoisotopic (exact) mass is 752 g/mol. The fourth-order valence-corrected chi connectivity index (χ4v) is 8.19. The Morgan fingerprint density at radius 3 is 2.17 bits per heavy atom. The summed E-state index contributed by atoms with van der Waals surface area (Å²) in [5.41, 5.74) is -0.214. The number of amides is 6. The normalized spacial score (nSPS) is 22.5. The van der Waals surface area contributed by atoms with E-state index < -0.39 is 65.7 Å². The molecule has 14 heteroatoms. The van der Waals surface area contributed by atoms with Crippen LogP contribution in [0.1, 0.15) is 98.1 Å². The maximum absolute atomic E-state index is 14.5. The van der Waals surface area contributed by atoms with Gasteiger partial charge < -0.3 is 35.8 Å². The average Bonchev–Trinajstić information content (AvgIpc) is 3.43. The molecule has 4 rings (SSSR count). The summed E-state index contributed by atoms with van der Waals surface area (Å²) in [5, 5.41) is 10.6. The quantitative estimate of drug-likeness (QED) is 0.186. The van der Waals surface area contributed by atoms with Crippen LogP contribution in [0.4, 0.5) is 4.79 Å². The Labute approximate surface area is 319 Å². The van der Waals surface area contributed by atoms with Gasteiger partial charge in [-0.2, -0.15) is 0 Å². The van der Waals surface area contributed by atoms with Crippen LogP contribution in [0.2, 0.25) is 0 Å². The lowest BCUT2D eigenvalue weighted by Gasteiger charge is -2.43. The first-order valence-electron chi connectivity index (χ1n) is 19.3. The standard InChI is InChI=1S/C40H60N6O8/c1-9-16-27(32(48)35(50)41-21-28(47)43-30(36(51)45(7)8)25-17-12-10-13-18-25)42-34(49)31-29-26(39(29,4)5)22-46(31)37(52)33(40(6)19-14-11-15-20-40)44-38(53)54-23-24(2)3/h10,12-13,17-18,24,26-27,29-31,33H,9,11,14-16,19-23H2,1-8H3,(H,41,50)(H,42,49)(H,43,47)(H,44,53)/t26?,27-,29?,30+,31+,33-/m1/s1. The molecule has 6 amide bonds. The van der Waals surface area contributed by atoms with Gasteiger partial charge in [-0.25, -0.2) is 4.79 Å². The van der Waals surface area contributed by atoms with E-state index >= 15 is 0 Å². The Kier molecular flexibility index (Phi) is 13.9. The third kappa shape index (κ3) is 9.78. The molecule has 3 aliphatic rings. The number of rotatable bonds is 16. The van der Waals surface area contributed by atoms with Gasteiger partial charge in [-0.05, 0) is 53.4 Å². The number of ketones is 1. The first-order valence-corrected chi connectivity index (χ1v) is 19.3. The van der Waals surface area contributed by atoms with Crippen LogP contribution in [-0.2, 0) is 33.5 Å². The van der Waals surface area contributed by atoms with Gasteiger partial charge in [0.2, 0.25) is 29.4 Å². The van der Waals surface area contributed by atoms with Gasteiger partial charge in [-0.1, -0.05) is 97.6 Å². The number of benzene rings is 1. The molecule has 0 radical (unpaired) electrons. The molecule has 1 aromatic carbocycles. The molecule has 6 atom stereocenters. The third-order valence-electron chi connectivity index (χ3n) is 11.5. The Morgan fingerprint density at radius 1 is 0.926 bits per heavy atom. The minimum atomic E-state index is -1.20. The van der Waals surface area contributed by atoms with Gasteiger partial charge in [0.1, 0.15) is 18.1 Å². The lowest BCUT2D eigenvalue weighted by atomic mass is 9.70. The number of fused-ring (bicyclic) bond motifs is 1. The smallest absolute Gasteiger partial charge is 0.407 e. The number of carbonyl (C=O) groups is 7. The van der Waals surface area contributed by atoms with Gasteiger partial charge in [0.15, 0.2) is 0 Å². The van der Waals surface area contributed by atoms with Crippen LogP contribution in [0.15, 0.2) is 30.3 Å². The number of nitrogens with one attached hydrogen (secondary N) is 4. The van der Waals surface area contributed by atoms with E-state index in [0.29, 0.717) is 18.5 Å². The second kappa shape index (κ2) is 17.8. The van der Waals surface area contributed by atoms with Crippen molar-refractivity contribution < 1.29 is 38.3 Å². The van der Waals surface area contributed by atoms with E-state index in [9.17, 15) is 33.6 Å². The molecule has 54 heavy (non-hydrogen) atoms. The molecule has 0 aromatic heterocycles. The number of nitrogens with zero attached hydrogens (tertiary/aromatic N) is 2. The summed E-state index contributed by atoms with van der Waals surface area (Å²) in [6.07, 6.45) is 4.27. The second-order valence-electron chi connectivity index (χ2n) is 16.7. The van der Waals surface area contributed by atoms with Crippen molar-refractivity contribution in [3.63, 3.8) is 0 Å². The maximum Gasteiger partial charge on any atom is 0.407 e. The Hall–Kier alpha value is -4.49. The molecule has 4 N–H and O–H groups in total. The summed E-state index contributed by atoms with van der Waals surface area (Å²) < 4.78 is 5.42. The molecule has 14 nitrogen and oxygen atoms in total. The number of Topliss-reactive ketones (excluding diaryl/α,β-unsaturated/α-hetero) is 1. The molecule has 3 fully saturated rings. The van der Waals surface area contributed by atoms with E-state index in [1.54, 1.807) is 49.3 Å². The topological polar surface area (TPSA) is 183 Å². The Bertz CT molecular complexity index is 1560. The number of piperidine rings is 1. The van der Waals surface area contributed by atoms with Crippen LogP contribution in [0.3, 0.4) is 0 Å². The molecular weight excluding hydrogens is 692 g/mol. The predicted octanol–water partition coefficient (Wildman–Crippen LogP) is 3.11. The third-order valence-corrected chi connectivity index (χ3v) is 11.5. The summed E-state index contributed by atoms with van der Waals surface area (Å²) in [6.45, 7) is 11.7. The number of carbonyl (C=O) groups excluding carboxylic acids is 7. The summed E-state index contributed by atoms with van der Waals surface area (Å²) in [7, 11) is 3.13. The summed E-state index contributed by atoms with van der Waals surface area (Å²) in [4.78, 5) is 97.0. The second-order valence-corrected chi connectivity index (χ2v) is 16.7. The van der Waals surface area contributed by atoms with Crippen LogP contribution >= 0.6 is 0 Å². The molecular formula is C40H60N6O8. The Morgan fingerprint density at radius 2 is 1.57 bits per heavy atom. The van der Waals surface area contributed by atoms with E-state index in [-0.39, 0.29) is 48.0 Å². The minimum absolute atomic E-state index is 0.0473. The molecule has 0 bridgehead atoms. The number of likely N-dealkylation sites (tertiary alicyclic amines) is 1. The van der Waals surface area contributed by atoms with Gasteiger partial charge in [0, 0.05) is 20.6 Å². The van der Waals surface area contributed by atoms with E-state index in [2.05, 4.69) is 21.3 Å². The SMILES string of the molecule is CCC[C@@H](NC(=O)[C@@H]1C2C(CN1C(=O)[C@@H](NC(=O)OCC(C)C)C1(C)CCCCC1)C2(C)C)C(=O)C(=O)NCC(=O)N[C@H](C(=O)N(C)C)c1ccccc1. The van der Waals surface area contributed by atoms with Gasteiger partial charge in [-0.3, -0.25) is 28.8 Å². The highest BCUT2D eigenvalue weighted by Gasteiger charge is 2.70. The summed E-state index contributed by atoms with van der Waals surface area (Å²) in [5.74, 6) is -3.94. The van der Waals surface area contributed by atoms with Crippen LogP contribution in [-0.4, -0.2) is 103 Å². The molecule has 1 saturated heterocycles. The number of alkyl carbamates (subject to hydrolysis) is 1. The van der Waals surface area contributed by atoms with Crippen molar-refractivity contribution >= 4 is 41.4 Å². The van der Waals surface area contributed by atoms with Crippen LogP contribution in [0, 0.1) is 28.6 Å². The largest absolute Gasteiger partial charge is 0.449 e. The van der Waals surface area contributed by atoms with Crippen molar-refractivity contribution in [1.82, 2.24) is 31.1 Å². The number of ether oxygens (including phenoxy) is 1. The van der Waals surface area contributed by atoms with Crippen molar-refractivity contribution in [2.24, 2.45) is 28.6 Å². The summed E-state index contributed by atoms with van der Waals surface area (Å²) in [6, 6.07) is 4.64. The lowest BCUT2D eigenvalue weighted by Crippen LogP contribution is -2.61. The molecule has 2 unspecified atom stereocenters. The zero-order chi connectivity index (χ0) is 40.0. The summed E-state index contributed by atoms with van der Waals surface area (Å²) >= 11 is 0. The number of likely N-dealkylation sites (N-methyl/N-ethyl adjacent to an activating group) is 1. The molecule has 298 valence electrons. The minimum Gasteiger partial charge on any atom is -0.449 e. The fraction of sp³-hybridized carbons (Fsp3) is 0.675. The van der Waals surface area contributed by atoms with E-state index in [4.69, 9.17) is 4.74 Å². The van der Waals surface area contributed by atoms with Gasteiger partial charge >= 0.3 is 6.09 Å². The van der Waals surface area contributed by atoms with Gasteiger partial charge in [-0.15, -0.1) is 0 Å². The lowest BCUT2D eigenvalue weighted by molar-refractivity contribution is -0.146. The van der Waals surface area contributed by atoms with E-state index in [1.807, 2.05) is 41.5 Å². The van der Waals surface area contributed by atoms with Crippen molar-refractivity contribution in [3.05, 3.63) is 35.9 Å². The molecule has 1 heterocycles. The first kappa shape index (κ1) is 42.3. The highest BCUT2D eigenvalue weighted by atomic mass is 16.5. The first-order chi connectivity index (χ1) is 25.4. The number of hydrogen-bond acceptors (Lipinski definition) is 8. The van der Waals surface area contributed by atoms with E-state index in [1.165, 1.54) is 4.90 Å². The molecule has 1 aromatic rings. The zero-order valence-electron chi connectivity index (χ0n) is 33.2. The average molecular weight is 753 g/mol. The molecule has 2 aliphatic carbocycles. The van der Waals surface area contributed by atoms with Crippen molar-refractivity contribution in [1.29, 1.82) is 0 Å². The van der Waals surface area contributed by atoms with Crippen molar-refractivity contribution in [2.75, 3.05) is 33.8 Å². The predicted molar refractivity (Wildman–Crippen MR) is 201 cm³/mol. The van der Waals surface area contributed by atoms with Gasteiger partial charge in [0.25, 0.3) is 5.91 Å². The molecule has 2 saturated carbocycles. The van der Waals surface area contributed by atoms with Crippen molar-refractivity contribution in [2.45, 2.75) is 111 Å². The highest BCUT2D eigenvalue weighted by molar-refractivity contribution is 6.38. The van der Waals surface area contributed by atoms with Crippen molar-refractivity contribution in [3.8, 4) is 0 Å².